The lowest BCUT2D eigenvalue weighted by atomic mass is 9.80. The molecule has 1 unspecified atom stereocenters. The zero-order valence-corrected chi connectivity index (χ0v) is 16.1. The Balaban J connectivity index is 1.87. The van der Waals surface area contributed by atoms with E-state index in [1.54, 1.807) is 13.0 Å². The number of benzene rings is 2. The lowest BCUT2D eigenvalue weighted by Crippen LogP contribution is -2.23. The number of aliphatic hydroxyl groups excluding tert-OH is 1. The molecule has 4 heteroatoms. The first-order chi connectivity index (χ1) is 12.3. The van der Waals surface area contributed by atoms with Gasteiger partial charge in [-0.25, -0.2) is 4.79 Å². The van der Waals surface area contributed by atoms with Crippen LogP contribution in [-0.2, 0) is 10.2 Å². The number of carboxylic acids is 1. The zero-order valence-electron chi connectivity index (χ0n) is 15.3. The summed E-state index contributed by atoms with van der Waals surface area (Å²) in [4.78, 5) is 12.2. The Morgan fingerprint density at radius 1 is 1.15 bits per heavy atom. The van der Waals surface area contributed by atoms with Gasteiger partial charge in [-0.05, 0) is 58.9 Å². The molecule has 0 bridgehead atoms. The Morgan fingerprint density at radius 3 is 2.46 bits per heavy atom. The fourth-order valence-electron chi connectivity index (χ4n) is 3.20. The van der Waals surface area contributed by atoms with Gasteiger partial charge in [0.2, 0.25) is 0 Å². The predicted octanol–water partition coefficient (Wildman–Crippen LogP) is 5.03. The van der Waals surface area contributed by atoms with E-state index in [4.69, 9.17) is 5.11 Å². The third kappa shape index (κ3) is 3.87. The second-order valence-electron chi connectivity index (χ2n) is 7.44. The smallest absolute Gasteiger partial charge is 0.331 e. The maximum Gasteiger partial charge on any atom is 0.331 e. The Kier molecular flexibility index (Phi) is 5.26. The first-order valence-electron chi connectivity index (χ1n) is 8.75. The molecule has 1 aliphatic heterocycles. The van der Waals surface area contributed by atoms with Crippen molar-refractivity contribution >= 4 is 23.8 Å². The minimum Gasteiger partial charge on any atom is -0.478 e. The fourth-order valence-corrected chi connectivity index (χ4v) is 4.69. The molecular weight excluding hydrogens is 344 g/mol. The number of hydrogen-bond donors (Lipinski definition) is 2. The Hall–Kier alpha value is -2.04. The molecule has 0 aliphatic carbocycles. The molecule has 3 nitrogen and oxygen atoms in total. The number of carbonyl (C=O) groups is 1. The van der Waals surface area contributed by atoms with E-state index in [1.165, 1.54) is 10.5 Å². The molecule has 2 aromatic carbocycles. The van der Waals surface area contributed by atoms with Gasteiger partial charge in [0.15, 0.2) is 0 Å². The van der Waals surface area contributed by atoms with Crippen LogP contribution >= 0.6 is 11.8 Å². The number of aliphatic hydroxyl groups is 1. The molecule has 0 radical (unpaired) electrons. The molecular formula is C22H24O3S. The number of aliphatic carboxylic acids is 1. The third-order valence-corrected chi connectivity index (χ3v) is 6.08. The molecule has 136 valence electrons. The largest absolute Gasteiger partial charge is 0.478 e. The van der Waals surface area contributed by atoms with Crippen LogP contribution < -0.4 is 0 Å². The van der Waals surface area contributed by atoms with Crippen LogP contribution in [0.15, 0.2) is 52.9 Å². The molecule has 0 spiro atoms. The van der Waals surface area contributed by atoms with Gasteiger partial charge < -0.3 is 10.2 Å². The summed E-state index contributed by atoms with van der Waals surface area (Å²) in [5.41, 5.74) is 4.22. The maximum atomic E-state index is 10.9. The molecule has 2 N–H and O–H groups in total. The van der Waals surface area contributed by atoms with Gasteiger partial charge in [0, 0.05) is 10.5 Å². The SMILES string of the molecule is C/C(=C\c1ccc(C(O)c2ccc3c(c2)C(C)(C)CCS3)cc1)C(=O)O. The van der Waals surface area contributed by atoms with Crippen molar-refractivity contribution in [1.82, 2.24) is 0 Å². The summed E-state index contributed by atoms with van der Waals surface area (Å²) in [5, 5.41) is 19.8. The minimum atomic E-state index is -0.927. The number of carboxylic acid groups (broad SMARTS) is 1. The average Bonchev–Trinajstić information content (AvgIpc) is 2.61. The van der Waals surface area contributed by atoms with Crippen molar-refractivity contribution in [2.75, 3.05) is 5.75 Å². The van der Waals surface area contributed by atoms with E-state index in [2.05, 4.69) is 26.0 Å². The zero-order chi connectivity index (χ0) is 18.9. The third-order valence-electron chi connectivity index (χ3n) is 5.01. The van der Waals surface area contributed by atoms with Crippen LogP contribution in [0, 0.1) is 0 Å². The molecule has 1 heterocycles. The molecule has 1 atom stereocenters. The Bertz CT molecular complexity index is 850. The predicted molar refractivity (Wildman–Crippen MR) is 107 cm³/mol. The van der Waals surface area contributed by atoms with Crippen molar-refractivity contribution in [2.24, 2.45) is 0 Å². The summed E-state index contributed by atoms with van der Waals surface area (Å²) in [6.07, 6.45) is 2.06. The standard InChI is InChI=1S/C22H24O3S/c1-14(21(24)25)12-15-4-6-16(7-5-15)20(23)17-8-9-19-18(13-17)22(2,3)10-11-26-19/h4-9,12-13,20,23H,10-11H2,1-3H3,(H,24,25)/b14-12+. The lowest BCUT2D eigenvalue weighted by molar-refractivity contribution is -0.132. The van der Waals surface area contributed by atoms with E-state index in [0.29, 0.717) is 0 Å². The van der Waals surface area contributed by atoms with E-state index in [1.807, 2.05) is 42.1 Å². The second kappa shape index (κ2) is 7.29. The number of rotatable bonds is 4. The summed E-state index contributed by atoms with van der Waals surface area (Å²) in [5.74, 6) is 0.204. The first-order valence-corrected chi connectivity index (χ1v) is 9.73. The molecule has 1 aliphatic rings. The van der Waals surface area contributed by atoms with Gasteiger partial charge in [-0.3, -0.25) is 0 Å². The normalized spacial score (nSPS) is 17.5. The lowest BCUT2D eigenvalue weighted by Gasteiger charge is -2.32. The van der Waals surface area contributed by atoms with Gasteiger partial charge in [-0.1, -0.05) is 50.2 Å². The Morgan fingerprint density at radius 2 is 1.81 bits per heavy atom. The summed E-state index contributed by atoms with van der Waals surface area (Å²) in [6, 6.07) is 13.6. The highest BCUT2D eigenvalue weighted by Crippen LogP contribution is 2.42. The van der Waals surface area contributed by atoms with E-state index >= 15 is 0 Å². The number of fused-ring (bicyclic) bond motifs is 1. The molecule has 0 saturated carbocycles. The van der Waals surface area contributed by atoms with Gasteiger partial charge in [0.25, 0.3) is 0 Å². The van der Waals surface area contributed by atoms with Crippen LogP contribution in [0.2, 0.25) is 0 Å². The minimum absolute atomic E-state index is 0.124. The van der Waals surface area contributed by atoms with Crippen LogP contribution in [-0.4, -0.2) is 21.9 Å². The second-order valence-corrected chi connectivity index (χ2v) is 8.58. The molecule has 0 amide bonds. The average molecular weight is 368 g/mol. The monoisotopic (exact) mass is 368 g/mol. The highest BCUT2D eigenvalue weighted by molar-refractivity contribution is 7.99. The van der Waals surface area contributed by atoms with Gasteiger partial charge in [-0.15, -0.1) is 11.8 Å². The highest BCUT2D eigenvalue weighted by atomic mass is 32.2. The van der Waals surface area contributed by atoms with Crippen LogP contribution in [0.25, 0.3) is 6.08 Å². The molecule has 2 aromatic rings. The van der Waals surface area contributed by atoms with Gasteiger partial charge in [-0.2, -0.15) is 0 Å². The van der Waals surface area contributed by atoms with Crippen molar-refractivity contribution < 1.29 is 15.0 Å². The summed E-state index contributed by atoms with van der Waals surface area (Å²) >= 11 is 1.88. The van der Waals surface area contributed by atoms with Crippen molar-refractivity contribution in [1.29, 1.82) is 0 Å². The highest BCUT2D eigenvalue weighted by Gasteiger charge is 2.28. The molecule has 0 aromatic heterocycles. The fraction of sp³-hybridized carbons (Fsp3) is 0.318. The van der Waals surface area contributed by atoms with E-state index in [9.17, 15) is 9.90 Å². The number of thioether (sulfide) groups is 1. The molecule has 0 saturated heterocycles. The topological polar surface area (TPSA) is 57.5 Å². The van der Waals surface area contributed by atoms with Crippen LogP contribution in [0.4, 0.5) is 0 Å². The Labute approximate surface area is 158 Å². The summed E-state index contributed by atoms with van der Waals surface area (Å²) < 4.78 is 0. The summed E-state index contributed by atoms with van der Waals surface area (Å²) in [6.45, 7) is 6.08. The maximum absolute atomic E-state index is 10.9. The van der Waals surface area contributed by atoms with Gasteiger partial charge in [0.1, 0.15) is 6.10 Å². The van der Waals surface area contributed by atoms with E-state index in [0.717, 1.165) is 28.9 Å². The van der Waals surface area contributed by atoms with Crippen LogP contribution in [0.5, 0.6) is 0 Å². The summed E-state index contributed by atoms with van der Waals surface area (Å²) in [7, 11) is 0. The molecule has 3 rings (SSSR count). The quantitative estimate of drug-likeness (QED) is 0.743. The molecule has 26 heavy (non-hydrogen) atoms. The van der Waals surface area contributed by atoms with Crippen molar-refractivity contribution in [3.05, 3.63) is 70.3 Å². The van der Waals surface area contributed by atoms with Crippen molar-refractivity contribution in [3.8, 4) is 0 Å². The van der Waals surface area contributed by atoms with Crippen LogP contribution in [0.1, 0.15) is 55.5 Å². The van der Waals surface area contributed by atoms with E-state index in [-0.39, 0.29) is 11.0 Å². The van der Waals surface area contributed by atoms with Crippen molar-refractivity contribution in [3.63, 3.8) is 0 Å². The van der Waals surface area contributed by atoms with E-state index < -0.39 is 12.1 Å². The number of hydrogen-bond acceptors (Lipinski definition) is 3. The van der Waals surface area contributed by atoms with Crippen molar-refractivity contribution in [2.45, 2.75) is 43.6 Å². The van der Waals surface area contributed by atoms with Crippen LogP contribution in [0.3, 0.4) is 0 Å². The molecule has 0 fully saturated rings. The van der Waals surface area contributed by atoms with Gasteiger partial charge in [0.05, 0.1) is 0 Å². The first kappa shape index (κ1) is 18.7. The van der Waals surface area contributed by atoms with Gasteiger partial charge >= 0.3 is 5.97 Å².